The molecule has 0 heterocycles. The van der Waals surface area contributed by atoms with Crippen LogP contribution in [0.4, 0.5) is 0 Å². The third-order valence-corrected chi connectivity index (χ3v) is 4.91. The first-order valence-electron chi connectivity index (χ1n) is 7.75. The van der Waals surface area contributed by atoms with Gasteiger partial charge in [0.05, 0.1) is 0 Å². The van der Waals surface area contributed by atoms with Gasteiger partial charge in [-0.1, -0.05) is 51.5 Å². The molecule has 0 heteroatoms. The first kappa shape index (κ1) is 13.6. The molecule has 0 radical (unpaired) electrons. The Balaban J connectivity index is 1.96. The molecule has 0 aromatic heterocycles. The number of hydrogen-bond acceptors (Lipinski definition) is 0. The Hall–Kier alpha value is -0.780. The van der Waals surface area contributed by atoms with Crippen LogP contribution in [0, 0.1) is 5.41 Å². The Morgan fingerprint density at radius 3 is 2.17 bits per heavy atom. The van der Waals surface area contributed by atoms with Crippen molar-refractivity contribution in [3.8, 4) is 0 Å². The predicted molar refractivity (Wildman–Crippen MR) is 80.0 cm³/mol. The van der Waals surface area contributed by atoms with Gasteiger partial charge in [-0.25, -0.2) is 0 Å². The molecule has 1 saturated carbocycles. The van der Waals surface area contributed by atoms with Gasteiger partial charge < -0.3 is 0 Å². The highest BCUT2D eigenvalue weighted by Gasteiger charge is 2.30. The second kappa shape index (κ2) is 5.91. The normalized spacial score (nSPS) is 28.3. The van der Waals surface area contributed by atoms with Crippen molar-refractivity contribution in [2.45, 2.75) is 71.6 Å². The monoisotopic (exact) mass is 244 g/mol. The number of benzene rings is 1. The summed E-state index contributed by atoms with van der Waals surface area (Å²) in [5, 5.41) is 0. The Morgan fingerprint density at radius 2 is 1.67 bits per heavy atom. The standard InChI is InChI=1S/C18H28/c1-4-12-18(3)13-10-17(11-14-18)16-8-6-15(5-2)7-9-16/h6-9,17H,4-5,10-14H2,1-3H3/t17-,18+. The molecule has 1 fully saturated rings. The van der Waals surface area contributed by atoms with Gasteiger partial charge in [-0.15, -0.1) is 0 Å². The minimum atomic E-state index is 0.634. The van der Waals surface area contributed by atoms with E-state index >= 15 is 0 Å². The summed E-state index contributed by atoms with van der Waals surface area (Å²) < 4.78 is 0. The topological polar surface area (TPSA) is 0 Å². The van der Waals surface area contributed by atoms with Crippen molar-refractivity contribution < 1.29 is 0 Å². The van der Waals surface area contributed by atoms with Crippen molar-refractivity contribution in [3.05, 3.63) is 35.4 Å². The Morgan fingerprint density at radius 1 is 1.06 bits per heavy atom. The minimum Gasteiger partial charge on any atom is -0.0654 e. The molecule has 0 amide bonds. The molecule has 1 aliphatic carbocycles. The van der Waals surface area contributed by atoms with Crippen LogP contribution >= 0.6 is 0 Å². The first-order chi connectivity index (χ1) is 8.67. The molecule has 0 nitrogen and oxygen atoms in total. The van der Waals surface area contributed by atoms with E-state index in [9.17, 15) is 0 Å². The van der Waals surface area contributed by atoms with Crippen LogP contribution in [0.2, 0.25) is 0 Å². The molecule has 1 aromatic carbocycles. The predicted octanol–water partition coefficient (Wildman–Crippen LogP) is 5.71. The average Bonchev–Trinajstić information content (AvgIpc) is 2.40. The van der Waals surface area contributed by atoms with Gasteiger partial charge in [0.25, 0.3) is 0 Å². The van der Waals surface area contributed by atoms with E-state index < -0.39 is 0 Å². The Kier molecular flexibility index (Phi) is 4.48. The molecule has 2 rings (SSSR count). The molecule has 0 aliphatic heterocycles. The molecular weight excluding hydrogens is 216 g/mol. The quantitative estimate of drug-likeness (QED) is 0.636. The van der Waals surface area contributed by atoms with Crippen molar-refractivity contribution in [1.82, 2.24) is 0 Å². The van der Waals surface area contributed by atoms with Gasteiger partial charge >= 0.3 is 0 Å². The lowest BCUT2D eigenvalue weighted by Crippen LogP contribution is -2.23. The van der Waals surface area contributed by atoms with Crippen LogP contribution in [-0.2, 0) is 6.42 Å². The zero-order chi connectivity index (χ0) is 13.0. The lowest BCUT2D eigenvalue weighted by atomic mass is 9.68. The van der Waals surface area contributed by atoms with Gasteiger partial charge in [-0.3, -0.25) is 0 Å². The van der Waals surface area contributed by atoms with E-state index in [4.69, 9.17) is 0 Å². The van der Waals surface area contributed by atoms with E-state index in [1.54, 1.807) is 5.56 Å². The van der Waals surface area contributed by atoms with Gasteiger partial charge in [0.2, 0.25) is 0 Å². The first-order valence-corrected chi connectivity index (χ1v) is 7.75. The molecule has 1 aromatic rings. The van der Waals surface area contributed by atoms with E-state index in [-0.39, 0.29) is 0 Å². The van der Waals surface area contributed by atoms with Crippen LogP contribution in [0.1, 0.15) is 76.3 Å². The highest BCUT2D eigenvalue weighted by Crippen LogP contribution is 2.45. The maximum atomic E-state index is 2.49. The maximum absolute atomic E-state index is 2.49. The fourth-order valence-corrected chi connectivity index (χ4v) is 3.53. The third-order valence-electron chi connectivity index (χ3n) is 4.91. The molecule has 18 heavy (non-hydrogen) atoms. The van der Waals surface area contributed by atoms with E-state index in [1.165, 1.54) is 44.1 Å². The minimum absolute atomic E-state index is 0.634. The van der Waals surface area contributed by atoms with Crippen molar-refractivity contribution in [2.24, 2.45) is 5.41 Å². The van der Waals surface area contributed by atoms with E-state index in [2.05, 4.69) is 45.0 Å². The van der Waals surface area contributed by atoms with Crippen LogP contribution in [0.3, 0.4) is 0 Å². The highest BCUT2D eigenvalue weighted by atomic mass is 14.4. The fraction of sp³-hybridized carbons (Fsp3) is 0.667. The molecule has 0 N–H and O–H groups in total. The SMILES string of the molecule is CCC[C@]1(C)CC[C@H](c2ccc(CC)cc2)CC1. The molecule has 0 bridgehead atoms. The summed E-state index contributed by atoms with van der Waals surface area (Å²) >= 11 is 0. The number of aryl methyl sites for hydroxylation is 1. The fourth-order valence-electron chi connectivity index (χ4n) is 3.53. The zero-order valence-corrected chi connectivity index (χ0v) is 12.3. The molecule has 100 valence electrons. The molecule has 0 atom stereocenters. The summed E-state index contributed by atoms with van der Waals surface area (Å²) in [5.41, 5.74) is 3.67. The van der Waals surface area contributed by atoms with Gasteiger partial charge in [-0.2, -0.15) is 0 Å². The number of rotatable bonds is 4. The maximum Gasteiger partial charge on any atom is -0.0162 e. The van der Waals surface area contributed by atoms with Crippen LogP contribution in [-0.4, -0.2) is 0 Å². The van der Waals surface area contributed by atoms with Crippen LogP contribution in [0.15, 0.2) is 24.3 Å². The lowest BCUT2D eigenvalue weighted by molar-refractivity contribution is 0.182. The van der Waals surface area contributed by atoms with Crippen molar-refractivity contribution in [1.29, 1.82) is 0 Å². The third kappa shape index (κ3) is 3.16. The Bertz CT molecular complexity index is 352. The summed E-state index contributed by atoms with van der Waals surface area (Å²) in [4.78, 5) is 0. The molecule has 0 saturated heterocycles. The summed E-state index contributed by atoms with van der Waals surface area (Å²) in [5.74, 6) is 0.820. The van der Waals surface area contributed by atoms with E-state index in [0.717, 1.165) is 12.3 Å². The van der Waals surface area contributed by atoms with Crippen LogP contribution < -0.4 is 0 Å². The smallest absolute Gasteiger partial charge is 0.0162 e. The largest absolute Gasteiger partial charge is 0.0654 e. The summed E-state index contributed by atoms with van der Waals surface area (Å²) in [6, 6.07) is 9.36. The van der Waals surface area contributed by atoms with E-state index in [0.29, 0.717) is 5.41 Å². The van der Waals surface area contributed by atoms with Gasteiger partial charge in [0, 0.05) is 0 Å². The van der Waals surface area contributed by atoms with Gasteiger partial charge in [0.15, 0.2) is 0 Å². The van der Waals surface area contributed by atoms with E-state index in [1.807, 2.05) is 0 Å². The van der Waals surface area contributed by atoms with Crippen LogP contribution in [0.5, 0.6) is 0 Å². The molecular formula is C18H28. The second-order valence-electron chi connectivity index (χ2n) is 6.43. The highest BCUT2D eigenvalue weighted by molar-refractivity contribution is 5.25. The number of hydrogen-bond donors (Lipinski definition) is 0. The van der Waals surface area contributed by atoms with Crippen molar-refractivity contribution >= 4 is 0 Å². The molecule has 0 unspecified atom stereocenters. The zero-order valence-electron chi connectivity index (χ0n) is 12.3. The second-order valence-corrected chi connectivity index (χ2v) is 6.43. The Labute approximate surface area is 113 Å². The average molecular weight is 244 g/mol. The molecule has 0 spiro atoms. The van der Waals surface area contributed by atoms with Crippen molar-refractivity contribution in [3.63, 3.8) is 0 Å². The van der Waals surface area contributed by atoms with Gasteiger partial charge in [-0.05, 0) is 61.0 Å². The van der Waals surface area contributed by atoms with Crippen LogP contribution in [0.25, 0.3) is 0 Å². The van der Waals surface area contributed by atoms with Gasteiger partial charge in [0.1, 0.15) is 0 Å². The molecule has 1 aliphatic rings. The summed E-state index contributed by atoms with van der Waals surface area (Å²) in [6.07, 6.45) is 9.52. The lowest BCUT2D eigenvalue weighted by Gasteiger charge is -2.37. The summed E-state index contributed by atoms with van der Waals surface area (Å²) in [7, 11) is 0. The summed E-state index contributed by atoms with van der Waals surface area (Å²) in [6.45, 7) is 7.04. The van der Waals surface area contributed by atoms with Crippen molar-refractivity contribution in [2.75, 3.05) is 0 Å².